The van der Waals surface area contributed by atoms with Crippen LogP contribution in [0.25, 0.3) is 10.8 Å². The second-order valence-electron chi connectivity index (χ2n) is 6.50. The Morgan fingerprint density at radius 2 is 1.83 bits per heavy atom. The molecule has 0 aliphatic carbocycles. The predicted molar refractivity (Wildman–Crippen MR) is 98.1 cm³/mol. The average molecular weight is 318 g/mol. The Balaban J connectivity index is 1.49. The van der Waals surface area contributed by atoms with Crippen LogP contribution in [0.2, 0.25) is 0 Å². The van der Waals surface area contributed by atoms with Crippen LogP contribution in [0.15, 0.2) is 61.2 Å². The zero-order valence-corrected chi connectivity index (χ0v) is 14.0. The standard InChI is InChI=1S/C20H22N4/c1-16-14-23(10-11-24(16)19-6-8-21-9-7-19)15-18-13-22-12-17-4-2-3-5-20(17)18/h2-9,12-13,16H,10-11,14-15H2,1H3. The number of hydrogen-bond acceptors (Lipinski definition) is 4. The van der Waals surface area contributed by atoms with E-state index in [0.717, 1.165) is 26.2 Å². The van der Waals surface area contributed by atoms with Gasteiger partial charge in [0, 0.05) is 68.1 Å². The van der Waals surface area contributed by atoms with Crippen molar-refractivity contribution in [1.82, 2.24) is 14.9 Å². The Morgan fingerprint density at radius 1 is 1.00 bits per heavy atom. The summed E-state index contributed by atoms with van der Waals surface area (Å²) in [4.78, 5) is 13.5. The summed E-state index contributed by atoms with van der Waals surface area (Å²) in [5.41, 5.74) is 2.58. The number of piperazine rings is 1. The topological polar surface area (TPSA) is 32.3 Å². The van der Waals surface area contributed by atoms with Crippen molar-refractivity contribution in [2.24, 2.45) is 0 Å². The first-order valence-corrected chi connectivity index (χ1v) is 8.52. The molecule has 0 N–H and O–H groups in total. The Bertz CT molecular complexity index is 813. The molecule has 3 heterocycles. The summed E-state index contributed by atoms with van der Waals surface area (Å²) >= 11 is 0. The minimum Gasteiger partial charge on any atom is -0.366 e. The van der Waals surface area contributed by atoms with Gasteiger partial charge in [-0.1, -0.05) is 24.3 Å². The maximum absolute atomic E-state index is 4.42. The molecule has 4 heteroatoms. The van der Waals surface area contributed by atoms with Gasteiger partial charge in [-0.2, -0.15) is 0 Å². The van der Waals surface area contributed by atoms with Gasteiger partial charge in [-0.15, -0.1) is 0 Å². The van der Waals surface area contributed by atoms with E-state index < -0.39 is 0 Å². The highest BCUT2D eigenvalue weighted by Gasteiger charge is 2.24. The lowest BCUT2D eigenvalue weighted by Crippen LogP contribution is -2.51. The molecule has 1 atom stereocenters. The van der Waals surface area contributed by atoms with E-state index in [9.17, 15) is 0 Å². The molecule has 1 aromatic carbocycles. The zero-order valence-electron chi connectivity index (χ0n) is 14.0. The summed E-state index contributed by atoms with van der Waals surface area (Å²) in [7, 11) is 0. The molecule has 3 aromatic rings. The number of anilines is 1. The van der Waals surface area contributed by atoms with E-state index in [-0.39, 0.29) is 0 Å². The Morgan fingerprint density at radius 3 is 2.67 bits per heavy atom. The Hall–Kier alpha value is -2.46. The molecule has 1 fully saturated rings. The van der Waals surface area contributed by atoms with E-state index in [0.29, 0.717) is 6.04 Å². The summed E-state index contributed by atoms with van der Waals surface area (Å²) in [5, 5.41) is 2.54. The van der Waals surface area contributed by atoms with Gasteiger partial charge in [0.25, 0.3) is 0 Å². The summed E-state index contributed by atoms with van der Waals surface area (Å²) in [6, 6.07) is 13.2. The number of nitrogens with zero attached hydrogens (tertiary/aromatic N) is 4. The molecule has 1 aliphatic rings. The first-order chi connectivity index (χ1) is 11.8. The predicted octanol–water partition coefficient (Wildman–Crippen LogP) is 3.34. The molecule has 1 saturated heterocycles. The molecule has 4 nitrogen and oxygen atoms in total. The zero-order chi connectivity index (χ0) is 16.4. The van der Waals surface area contributed by atoms with Crippen molar-refractivity contribution in [3.05, 3.63) is 66.7 Å². The van der Waals surface area contributed by atoms with Gasteiger partial charge in [-0.3, -0.25) is 14.9 Å². The SMILES string of the molecule is CC1CN(Cc2cncc3ccccc23)CCN1c1ccncc1. The van der Waals surface area contributed by atoms with Crippen molar-refractivity contribution in [1.29, 1.82) is 0 Å². The number of fused-ring (bicyclic) bond motifs is 1. The number of pyridine rings is 2. The summed E-state index contributed by atoms with van der Waals surface area (Å²) in [5.74, 6) is 0. The highest BCUT2D eigenvalue weighted by molar-refractivity contribution is 5.84. The van der Waals surface area contributed by atoms with Crippen LogP contribution in [0, 0.1) is 0 Å². The number of benzene rings is 1. The van der Waals surface area contributed by atoms with E-state index >= 15 is 0 Å². The highest BCUT2D eigenvalue weighted by Crippen LogP contribution is 2.23. The third kappa shape index (κ3) is 2.97. The minimum absolute atomic E-state index is 0.490. The van der Waals surface area contributed by atoms with Gasteiger partial charge in [-0.25, -0.2) is 0 Å². The van der Waals surface area contributed by atoms with Crippen LogP contribution < -0.4 is 4.90 Å². The average Bonchev–Trinajstić information content (AvgIpc) is 2.63. The quantitative estimate of drug-likeness (QED) is 0.741. The Labute approximate surface area is 142 Å². The van der Waals surface area contributed by atoms with Crippen LogP contribution in [-0.4, -0.2) is 40.5 Å². The second-order valence-corrected chi connectivity index (χ2v) is 6.50. The van der Waals surface area contributed by atoms with Crippen LogP contribution in [0.4, 0.5) is 5.69 Å². The molecular formula is C20H22N4. The summed E-state index contributed by atoms with van der Waals surface area (Å²) in [6.45, 7) is 6.43. The molecule has 2 aromatic heterocycles. The van der Waals surface area contributed by atoms with Gasteiger partial charge in [0.05, 0.1) is 0 Å². The van der Waals surface area contributed by atoms with Crippen LogP contribution in [0.1, 0.15) is 12.5 Å². The smallest absolute Gasteiger partial charge is 0.0400 e. The molecule has 0 spiro atoms. The highest BCUT2D eigenvalue weighted by atomic mass is 15.3. The first kappa shape index (κ1) is 15.1. The fourth-order valence-corrected chi connectivity index (χ4v) is 3.64. The van der Waals surface area contributed by atoms with E-state index in [1.807, 2.05) is 24.8 Å². The maximum Gasteiger partial charge on any atom is 0.0400 e. The minimum atomic E-state index is 0.490. The van der Waals surface area contributed by atoms with Crippen molar-refractivity contribution in [3.63, 3.8) is 0 Å². The van der Waals surface area contributed by atoms with Crippen LogP contribution in [0.3, 0.4) is 0 Å². The fourth-order valence-electron chi connectivity index (χ4n) is 3.64. The number of aromatic nitrogens is 2. The molecule has 4 rings (SSSR count). The molecule has 24 heavy (non-hydrogen) atoms. The van der Waals surface area contributed by atoms with Crippen molar-refractivity contribution < 1.29 is 0 Å². The molecule has 0 bridgehead atoms. The van der Waals surface area contributed by atoms with Crippen molar-refractivity contribution in [3.8, 4) is 0 Å². The van der Waals surface area contributed by atoms with Crippen LogP contribution in [0.5, 0.6) is 0 Å². The lowest BCUT2D eigenvalue weighted by atomic mass is 10.1. The monoisotopic (exact) mass is 318 g/mol. The largest absolute Gasteiger partial charge is 0.366 e. The lowest BCUT2D eigenvalue weighted by Gasteiger charge is -2.41. The van der Waals surface area contributed by atoms with Gasteiger partial charge in [-0.05, 0) is 30.0 Å². The van der Waals surface area contributed by atoms with Gasteiger partial charge in [0.15, 0.2) is 0 Å². The van der Waals surface area contributed by atoms with Gasteiger partial charge >= 0.3 is 0 Å². The molecule has 1 aliphatic heterocycles. The van der Waals surface area contributed by atoms with Gasteiger partial charge in [0.1, 0.15) is 0 Å². The van der Waals surface area contributed by atoms with Crippen LogP contribution in [-0.2, 0) is 6.54 Å². The van der Waals surface area contributed by atoms with Crippen LogP contribution >= 0.6 is 0 Å². The van der Waals surface area contributed by atoms with Crippen molar-refractivity contribution >= 4 is 16.5 Å². The third-order valence-corrected chi connectivity index (χ3v) is 4.85. The first-order valence-electron chi connectivity index (χ1n) is 8.52. The summed E-state index contributed by atoms with van der Waals surface area (Å²) in [6.07, 6.45) is 7.71. The second kappa shape index (κ2) is 6.57. The molecule has 0 amide bonds. The summed E-state index contributed by atoms with van der Waals surface area (Å²) < 4.78 is 0. The molecular weight excluding hydrogens is 296 g/mol. The van der Waals surface area contributed by atoms with E-state index in [1.54, 1.807) is 0 Å². The molecule has 122 valence electrons. The third-order valence-electron chi connectivity index (χ3n) is 4.85. The van der Waals surface area contributed by atoms with E-state index in [2.05, 4.69) is 63.1 Å². The molecule has 0 saturated carbocycles. The fraction of sp³-hybridized carbons (Fsp3) is 0.300. The van der Waals surface area contributed by atoms with E-state index in [4.69, 9.17) is 0 Å². The number of rotatable bonds is 3. The molecule has 0 radical (unpaired) electrons. The lowest BCUT2D eigenvalue weighted by molar-refractivity contribution is 0.221. The maximum atomic E-state index is 4.42. The normalized spacial score (nSPS) is 18.9. The van der Waals surface area contributed by atoms with E-state index in [1.165, 1.54) is 22.0 Å². The van der Waals surface area contributed by atoms with Crippen molar-refractivity contribution in [2.45, 2.75) is 19.5 Å². The van der Waals surface area contributed by atoms with Crippen molar-refractivity contribution in [2.75, 3.05) is 24.5 Å². The Kier molecular flexibility index (Phi) is 4.13. The number of hydrogen-bond donors (Lipinski definition) is 0. The van der Waals surface area contributed by atoms with Gasteiger partial charge in [0.2, 0.25) is 0 Å². The molecule has 1 unspecified atom stereocenters. The van der Waals surface area contributed by atoms with Gasteiger partial charge < -0.3 is 4.90 Å².